The maximum Gasteiger partial charge on any atom is 0.270 e. The van der Waals surface area contributed by atoms with Crippen LogP contribution in [0, 0.1) is 21.7 Å². The maximum absolute atomic E-state index is 13.8. The van der Waals surface area contributed by atoms with Crippen LogP contribution in [0.3, 0.4) is 0 Å². The highest BCUT2D eigenvalue weighted by Crippen LogP contribution is 2.33. The molecule has 21 heavy (non-hydrogen) atoms. The lowest BCUT2D eigenvalue weighted by Crippen LogP contribution is -2.16. The minimum Gasteiger partial charge on any atom is -0.496 e. The van der Waals surface area contributed by atoms with E-state index >= 15 is 0 Å². The number of hydrogen-bond acceptors (Lipinski definition) is 4. The van der Waals surface area contributed by atoms with Crippen molar-refractivity contribution in [2.45, 2.75) is 6.04 Å². The monoisotopic (exact) mass is 294 g/mol. The molecule has 1 atom stereocenters. The minimum atomic E-state index is -1.22. The molecule has 0 bridgehead atoms. The Morgan fingerprint density at radius 2 is 1.86 bits per heavy atom. The number of nitrogens with two attached hydrogens (primary N) is 1. The number of nitrogens with zero attached hydrogens (tertiary/aromatic N) is 1. The molecule has 2 rings (SSSR count). The Hall–Kier alpha value is -2.54. The van der Waals surface area contributed by atoms with Gasteiger partial charge in [0.1, 0.15) is 17.4 Å². The highest BCUT2D eigenvalue weighted by molar-refractivity contribution is 5.48. The van der Waals surface area contributed by atoms with Crippen molar-refractivity contribution in [3.63, 3.8) is 0 Å². The van der Waals surface area contributed by atoms with Gasteiger partial charge in [0, 0.05) is 23.3 Å². The number of halogens is 2. The van der Waals surface area contributed by atoms with Gasteiger partial charge >= 0.3 is 0 Å². The molecule has 2 aromatic rings. The van der Waals surface area contributed by atoms with Gasteiger partial charge in [0.2, 0.25) is 0 Å². The molecule has 0 saturated carbocycles. The molecule has 2 aromatic carbocycles. The summed E-state index contributed by atoms with van der Waals surface area (Å²) >= 11 is 0. The number of ether oxygens (including phenoxy) is 1. The largest absolute Gasteiger partial charge is 0.496 e. The van der Waals surface area contributed by atoms with E-state index in [0.717, 1.165) is 18.2 Å². The molecule has 0 radical (unpaired) electrons. The van der Waals surface area contributed by atoms with Gasteiger partial charge in [-0.15, -0.1) is 0 Å². The number of methoxy groups -OCH3 is 1. The van der Waals surface area contributed by atoms with Gasteiger partial charge in [-0.2, -0.15) is 0 Å². The van der Waals surface area contributed by atoms with Crippen molar-refractivity contribution >= 4 is 5.69 Å². The summed E-state index contributed by atoms with van der Waals surface area (Å²) in [5, 5.41) is 10.8. The van der Waals surface area contributed by atoms with E-state index in [1.165, 1.54) is 25.3 Å². The lowest BCUT2D eigenvalue weighted by molar-refractivity contribution is -0.384. The molecule has 0 aliphatic rings. The van der Waals surface area contributed by atoms with Crippen LogP contribution in [0.2, 0.25) is 0 Å². The minimum absolute atomic E-state index is 0.135. The molecule has 1 unspecified atom stereocenters. The molecule has 0 aromatic heterocycles. The molecule has 5 nitrogen and oxygen atoms in total. The van der Waals surface area contributed by atoms with Gasteiger partial charge in [0.05, 0.1) is 18.1 Å². The lowest BCUT2D eigenvalue weighted by atomic mass is 9.97. The fraction of sp³-hybridized carbons (Fsp3) is 0.143. The van der Waals surface area contributed by atoms with Crippen molar-refractivity contribution in [2.75, 3.05) is 7.11 Å². The summed E-state index contributed by atoms with van der Waals surface area (Å²) in [6, 6.07) is 5.85. The molecule has 0 spiro atoms. The van der Waals surface area contributed by atoms with Crippen LogP contribution in [0.5, 0.6) is 5.75 Å². The predicted octanol–water partition coefficient (Wildman–Crippen LogP) is 2.93. The van der Waals surface area contributed by atoms with Gasteiger partial charge in [0.25, 0.3) is 5.69 Å². The quantitative estimate of drug-likeness (QED) is 0.694. The topological polar surface area (TPSA) is 78.4 Å². The van der Waals surface area contributed by atoms with Crippen LogP contribution in [-0.2, 0) is 0 Å². The van der Waals surface area contributed by atoms with Crippen LogP contribution in [0.1, 0.15) is 17.2 Å². The van der Waals surface area contributed by atoms with Crippen LogP contribution in [0.4, 0.5) is 14.5 Å². The van der Waals surface area contributed by atoms with E-state index in [4.69, 9.17) is 10.5 Å². The smallest absolute Gasteiger partial charge is 0.270 e. The normalized spacial score (nSPS) is 12.0. The molecule has 0 aliphatic heterocycles. The summed E-state index contributed by atoms with van der Waals surface area (Å²) in [5.74, 6) is -1.43. The molecule has 0 saturated heterocycles. The SMILES string of the molecule is COc1ccc([N+](=O)[O-])cc1C(N)c1c(F)cccc1F. The zero-order valence-corrected chi connectivity index (χ0v) is 11.0. The first-order chi connectivity index (χ1) is 9.95. The van der Waals surface area contributed by atoms with Crippen molar-refractivity contribution in [3.05, 3.63) is 69.3 Å². The molecule has 7 heteroatoms. The summed E-state index contributed by atoms with van der Waals surface area (Å²) in [4.78, 5) is 10.2. The number of nitro groups is 1. The number of non-ortho nitro benzene ring substituents is 1. The average Bonchev–Trinajstić information content (AvgIpc) is 2.46. The highest BCUT2D eigenvalue weighted by Gasteiger charge is 2.23. The Labute approximate surface area is 119 Å². The second kappa shape index (κ2) is 5.84. The van der Waals surface area contributed by atoms with Gasteiger partial charge in [0.15, 0.2) is 0 Å². The van der Waals surface area contributed by atoms with Crippen molar-refractivity contribution in [1.29, 1.82) is 0 Å². The van der Waals surface area contributed by atoms with E-state index in [9.17, 15) is 18.9 Å². The molecule has 0 heterocycles. The van der Waals surface area contributed by atoms with Crippen molar-refractivity contribution in [2.24, 2.45) is 5.73 Å². The predicted molar refractivity (Wildman–Crippen MR) is 72.0 cm³/mol. The standard InChI is InChI=1S/C14H12F2N2O3/c1-21-12-6-5-8(18(19)20)7-9(12)14(17)13-10(15)3-2-4-11(13)16/h2-7,14H,17H2,1H3. The first kappa shape index (κ1) is 14.9. The van der Waals surface area contributed by atoms with Crippen LogP contribution in [-0.4, -0.2) is 12.0 Å². The van der Waals surface area contributed by atoms with Crippen LogP contribution in [0.15, 0.2) is 36.4 Å². The summed E-state index contributed by atoms with van der Waals surface area (Å²) < 4.78 is 32.6. The average molecular weight is 294 g/mol. The third kappa shape index (κ3) is 2.82. The fourth-order valence-electron chi connectivity index (χ4n) is 2.04. The number of benzene rings is 2. The number of rotatable bonds is 4. The fourth-order valence-corrected chi connectivity index (χ4v) is 2.04. The maximum atomic E-state index is 13.8. The molecular weight excluding hydrogens is 282 g/mol. The van der Waals surface area contributed by atoms with E-state index in [1.807, 2.05) is 0 Å². The number of hydrogen-bond donors (Lipinski definition) is 1. The molecule has 0 fully saturated rings. The Morgan fingerprint density at radius 1 is 1.24 bits per heavy atom. The molecular formula is C14H12F2N2O3. The molecule has 2 N–H and O–H groups in total. The highest BCUT2D eigenvalue weighted by atomic mass is 19.1. The van der Waals surface area contributed by atoms with Gasteiger partial charge in [-0.3, -0.25) is 10.1 Å². The Morgan fingerprint density at radius 3 is 2.38 bits per heavy atom. The molecule has 0 aliphatic carbocycles. The summed E-state index contributed by atoms with van der Waals surface area (Å²) in [5.41, 5.74) is 5.41. The Bertz CT molecular complexity index is 672. The van der Waals surface area contributed by atoms with E-state index in [-0.39, 0.29) is 22.6 Å². The third-order valence-electron chi connectivity index (χ3n) is 3.07. The van der Waals surface area contributed by atoms with Gasteiger partial charge in [-0.05, 0) is 18.2 Å². The third-order valence-corrected chi connectivity index (χ3v) is 3.07. The second-order valence-corrected chi connectivity index (χ2v) is 4.30. The first-order valence-corrected chi connectivity index (χ1v) is 5.97. The first-order valence-electron chi connectivity index (χ1n) is 5.97. The second-order valence-electron chi connectivity index (χ2n) is 4.30. The molecule has 0 amide bonds. The van der Waals surface area contributed by atoms with Crippen LogP contribution >= 0.6 is 0 Å². The zero-order valence-electron chi connectivity index (χ0n) is 11.0. The van der Waals surface area contributed by atoms with E-state index in [1.54, 1.807) is 0 Å². The summed E-state index contributed by atoms with van der Waals surface area (Å²) in [6.45, 7) is 0. The van der Waals surface area contributed by atoms with Crippen molar-refractivity contribution in [3.8, 4) is 5.75 Å². The van der Waals surface area contributed by atoms with Crippen molar-refractivity contribution in [1.82, 2.24) is 0 Å². The van der Waals surface area contributed by atoms with Crippen LogP contribution < -0.4 is 10.5 Å². The van der Waals surface area contributed by atoms with Gasteiger partial charge < -0.3 is 10.5 Å². The zero-order chi connectivity index (χ0) is 15.6. The molecule has 110 valence electrons. The van der Waals surface area contributed by atoms with Crippen molar-refractivity contribution < 1.29 is 18.4 Å². The van der Waals surface area contributed by atoms with E-state index in [0.29, 0.717) is 0 Å². The summed E-state index contributed by atoms with van der Waals surface area (Å²) in [6.07, 6.45) is 0. The van der Waals surface area contributed by atoms with E-state index < -0.39 is 22.6 Å². The Kier molecular flexibility index (Phi) is 4.13. The lowest BCUT2D eigenvalue weighted by Gasteiger charge is -2.17. The number of nitro benzene ring substituents is 1. The van der Waals surface area contributed by atoms with Crippen LogP contribution in [0.25, 0.3) is 0 Å². The van der Waals surface area contributed by atoms with E-state index in [2.05, 4.69) is 0 Å². The summed E-state index contributed by atoms with van der Waals surface area (Å²) in [7, 11) is 1.34. The van der Waals surface area contributed by atoms with Gasteiger partial charge in [-0.1, -0.05) is 6.07 Å². The van der Waals surface area contributed by atoms with Gasteiger partial charge in [-0.25, -0.2) is 8.78 Å². The Balaban J connectivity index is 2.59.